The third-order valence-electron chi connectivity index (χ3n) is 2.76. The van der Waals surface area contributed by atoms with Gasteiger partial charge in [0.25, 0.3) is 0 Å². The lowest BCUT2D eigenvalue weighted by atomic mass is 10.0. The summed E-state index contributed by atoms with van der Waals surface area (Å²) in [5.41, 5.74) is 1.89. The van der Waals surface area contributed by atoms with E-state index in [0.717, 1.165) is 11.3 Å². The first kappa shape index (κ1) is 12.7. The molecular weight excluding hydrogens is 238 g/mol. The summed E-state index contributed by atoms with van der Waals surface area (Å²) in [6.45, 7) is 0. The molecule has 2 aromatic carbocycles. The van der Waals surface area contributed by atoms with Crippen LogP contribution in [0.3, 0.4) is 0 Å². The maximum absolute atomic E-state index is 9.71. The highest BCUT2D eigenvalue weighted by molar-refractivity contribution is 5.90. The zero-order valence-corrected chi connectivity index (χ0v) is 10.5. The van der Waals surface area contributed by atoms with Crippen molar-refractivity contribution in [1.82, 2.24) is 0 Å². The van der Waals surface area contributed by atoms with E-state index >= 15 is 0 Å². The molecule has 3 heteroatoms. The molecule has 0 radical (unpaired) electrons. The van der Waals surface area contributed by atoms with Crippen molar-refractivity contribution in [2.24, 2.45) is 0 Å². The summed E-state index contributed by atoms with van der Waals surface area (Å²) in [7, 11) is 1.60. The molecule has 0 atom stereocenters. The molecule has 0 aliphatic carbocycles. The van der Waals surface area contributed by atoms with Gasteiger partial charge in [0.15, 0.2) is 0 Å². The van der Waals surface area contributed by atoms with E-state index < -0.39 is 0 Å². The summed E-state index contributed by atoms with van der Waals surface area (Å²) in [4.78, 5) is 0. The SMILES string of the molecule is COc1ccc(/C(C#N)=C/c2ccccc2O)cc1. The maximum atomic E-state index is 9.71. The minimum atomic E-state index is 0.156. The molecular formula is C16H13NO2. The number of ether oxygens (including phenoxy) is 1. The van der Waals surface area contributed by atoms with E-state index in [4.69, 9.17) is 4.74 Å². The van der Waals surface area contributed by atoms with Gasteiger partial charge < -0.3 is 9.84 Å². The number of phenols is 1. The molecule has 3 nitrogen and oxygen atoms in total. The summed E-state index contributed by atoms with van der Waals surface area (Å²) in [6, 6.07) is 16.3. The van der Waals surface area contributed by atoms with E-state index in [2.05, 4.69) is 6.07 Å². The number of methoxy groups -OCH3 is 1. The summed E-state index contributed by atoms with van der Waals surface area (Å²) in [5, 5.41) is 18.9. The Morgan fingerprint density at radius 3 is 2.42 bits per heavy atom. The molecule has 0 amide bonds. The second kappa shape index (κ2) is 5.74. The molecule has 1 N–H and O–H groups in total. The van der Waals surface area contributed by atoms with Gasteiger partial charge >= 0.3 is 0 Å². The minimum Gasteiger partial charge on any atom is -0.507 e. The Morgan fingerprint density at radius 2 is 1.84 bits per heavy atom. The van der Waals surface area contributed by atoms with Crippen LogP contribution in [0.15, 0.2) is 48.5 Å². The number of phenolic OH excluding ortho intramolecular Hbond substituents is 1. The first-order chi connectivity index (χ1) is 9.24. The number of nitriles is 1. The van der Waals surface area contributed by atoms with Crippen molar-refractivity contribution < 1.29 is 9.84 Å². The van der Waals surface area contributed by atoms with Crippen LogP contribution >= 0.6 is 0 Å². The van der Waals surface area contributed by atoms with Crippen LogP contribution in [0.25, 0.3) is 11.6 Å². The molecule has 0 unspecified atom stereocenters. The van der Waals surface area contributed by atoms with Crippen LogP contribution in [0.5, 0.6) is 11.5 Å². The molecule has 0 aliphatic rings. The Kier molecular flexibility index (Phi) is 3.84. The maximum Gasteiger partial charge on any atom is 0.122 e. The Balaban J connectivity index is 2.40. The summed E-state index contributed by atoms with van der Waals surface area (Å²) in [5.74, 6) is 0.896. The predicted octanol–water partition coefficient (Wildman–Crippen LogP) is 3.46. The molecule has 0 aromatic heterocycles. The molecule has 0 heterocycles. The van der Waals surface area contributed by atoms with Crippen LogP contribution in [0, 0.1) is 11.3 Å². The lowest BCUT2D eigenvalue weighted by Gasteiger charge is -2.03. The van der Waals surface area contributed by atoms with E-state index in [0.29, 0.717) is 11.1 Å². The Morgan fingerprint density at radius 1 is 1.16 bits per heavy atom. The lowest BCUT2D eigenvalue weighted by Crippen LogP contribution is -1.85. The largest absolute Gasteiger partial charge is 0.507 e. The smallest absolute Gasteiger partial charge is 0.122 e. The van der Waals surface area contributed by atoms with Gasteiger partial charge in [0.05, 0.1) is 18.8 Å². The first-order valence-electron chi connectivity index (χ1n) is 5.79. The molecule has 0 bridgehead atoms. The summed E-state index contributed by atoms with van der Waals surface area (Å²) < 4.78 is 5.08. The molecule has 0 saturated carbocycles. The van der Waals surface area contributed by atoms with Crippen molar-refractivity contribution >= 4 is 11.6 Å². The normalized spacial score (nSPS) is 10.8. The zero-order chi connectivity index (χ0) is 13.7. The quantitative estimate of drug-likeness (QED) is 0.671. The second-order valence-electron chi connectivity index (χ2n) is 3.96. The number of para-hydroxylation sites is 1. The van der Waals surface area contributed by atoms with Gasteiger partial charge in [0, 0.05) is 5.56 Å². The van der Waals surface area contributed by atoms with Crippen molar-refractivity contribution in [2.75, 3.05) is 7.11 Å². The standard InChI is InChI=1S/C16H13NO2/c1-19-15-8-6-12(7-9-15)14(11-17)10-13-4-2-3-5-16(13)18/h2-10,18H,1H3/b14-10+. The number of allylic oxidation sites excluding steroid dienone is 1. The molecule has 19 heavy (non-hydrogen) atoms. The van der Waals surface area contributed by atoms with Gasteiger partial charge in [-0.3, -0.25) is 0 Å². The first-order valence-corrected chi connectivity index (χ1v) is 5.79. The number of nitrogens with zero attached hydrogens (tertiary/aromatic N) is 1. The van der Waals surface area contributed by atoms with Crippen LogP contribution in [0.4, 0.5) is 0 Å². The number of rotatable bonds is 3. The van der Waals surface area contributed by atoms with Crippen LogP contribution < -0.4 is 4.74 Å². The molecule has 94 valence electrons. The van der Waals surface area contributed by atoms with E-state index in [1.807, 2.05) is 18.2 Å². The van der Waals surface area contributed by atoms with Crippen molar-refractivity contribution in [1.29, 1.82) is 5.26 Å². The van der Waals surface area contributed by atoms with Crippen LogP contribution in [0.2, 0.25) is 0 Å². The number of hydrogen-bond acceptors (Lipinski definition) is 3. The molecule has 0 spiro atoms. The van der Waals surface area contributed by atoms with Crippen LogP contribution in [0.1, 0.15) is 11.1 Å². The minimum absolute atomic E-state index is 0.156. The predicted molar refractivity (Wildman–Crippen MR) is 74.6 cm³/mol. The fraction of sp³-hybridized carbons (Fsp3) is 0.0625. The number of hydrogen-bond donors (Lipinski definition) is 1. The van der Waals surface area contributed by atoms with Crippen molar-refractivity contribution in [3.8, 4) is 17.6 Å². The fourth-order valence-electron chi connectivity index (χ4n) is 1.72. The van der Waals surface area contributed by atoms with E-state index in [1.54, 1.807) is 43.5 Å². The summed E-state index contributed by atoms with van der Waals surface area (Å²) in [6.07, 6.45) is 1.66. The van der Waals surface area contributed by atoms with Gasteiger partial charge in [0.1, 0.15) is 11.5 Å². The average molecular weight is 251 g/mol. The highest BCUT2D eigenvalue weighted by Crippen LogP contribution is 2.24. The number of aromatic hydroxyl groups is 1. The second-order valence-corrected chi connectivity index (χ2v) is 3.96. The molecule has 0 saturated heterocycles. The molecule has 2 aromatic rings. The molecule has 2 rings (SSSR count). The van der Waals surface area contributed by atoms with E-state index in [-0.39, 0.29) is 5.75 Å². The molecule has 0 fully saturated rings. The van der Waals surface area contributed by atoms with Crippen LogP contribution in [-0.2, 0) is 0 Å². The lowest BCUT2D eigenvalue weighted by molar-refractivity contribution is 0.415. The topological polar surface area (TPSA) is 53.2 Å². The Bertz CT molecular complexity index is 637. The fourth-order valence-corrected chi connectivity index (χ4v) is 1.72. The van der Waals surface area contributed by atoms with Crippen LogP contribution in [-0.4, -0.2) is 12.2 Å². The number of benzene rings is 2. The zero-order valence-electron chi connectivity index (χ0n) is 10.5. The van der Waals surface area contributed by atoms with Gasteiger partial charge in [-0.2, -0.15) is 5.26 Å². The average Bonchev–Trinajstić information content (AvgIpc) is 2.47. The highest BCUT2D eigenvalue weighted by atomic mass is 16.5. The van der Waals surface area contributed by atoms with Gasteiger partial charge in [-0.25, -0.2) is 0 Å². The van der Waals surface area contributed by atoms with Gasteiger partial charge in [-0.1, -0.05) is 18.2 Å². The van der Waals surface area contributed by atoms with Gasteiger partial charge in [0.2, 0.25) is 0 Å². The van der Waals surface area contributed by atoms with Gasteiger partial charge in [-0.05, 0) is 42.0 Å². The van der Waals surface area contributed by atoms with E-state index in [1.165, 1.54) is 0 Å². The monoisotopic (exact) mass is 251 g/mol. The summed E-state index contributed by atoms with van der Waals surface area (Å²) >= 11 is 0. The van der Waals surface area contributed by atoms with Crippen molar-refractivity contribution in [3.63, 3.8) is 0 Å². The molecule has 0 aliphatic heterocycles. The highest BCUT2D eigenvalue weighted by Gasteiger charge is 2.03. The third kappa shape index (κ3) is 2.93. The van der Waals surface area contributed by atoms with E-state index in [9.17, 15) is 10.4 Å². The van der Waals surface area contributed by atoms with Crippen molar-refractivity contribution in [2.45, 2.75) is 0 Å². The third-order valence-corrected chi connectivity index (χ3v) is 2.76. The Labute approximate surface area is 112 Å². The Hall–Kier alpha value is -2.73. The van der Waals surface area contributed by atoms with Gasteiger partial charge in [-0.15, -0.1) is 0 Å². The van der Waals surface area contributed by atoms with Crippen molar-refractivity contribution in [3.05, 3.63) is 59.7 Å².